The highest BCUT2D eigenvalue weighted by molar-refractivity contribution is 6.39. The van der Waals surface area contributed by atoms with Gasteiger partial charge in [0.05, 0.1) is 11.9 Å². The van der Waals surface area contributed by atoms with E-state index in [0.29, 0.717) is 18.2 Å². The molecule has 0 aliphatic heterocycles. The first-order chi connectivity index (χ1) is 8.90. The summed E-state index contributed by atoms with van der Waals surface area (Å²) in [5, 5.41) is 5.05. The lowest BCUT2D eigenvalue weighted by Crippen LogP contribution is -2.37. The van der Waals surface area contributed by atoms with Crippen molar-refractivity contribution in [3.8, 4) is 0 Å². The molecule has 19 heavy (non-hydrogen) atoms. The average molecular weight is 264 g/mol. The quantitative estimate of drug-likeness (QED) is 0.791. The molecule has 2 N–H and O–H groups in total. The van der Waals surface area contributed by atoms with Crippen molar-refractivity contribution in [1.82, 2.24) is 10.3 Å². The lowest BCUT2D eigenvalue weighted by molar-refractivity contribution is -0.136. The Morgan fingerprint density at radius 3 is 2.42 bits per heavy atom. The molecule has 1 rings (SSSR count). The molecule has 6 heteroatoms. The SMILES string of the molecule is CC(C)CNC(=O)C(=O)Nc1ccc(N(C)C)nc1. The van der Waals surface area contributed by atoms with Gasteiger partial charge in [0.2, 0.25) is 0 Å². The predicted molar refractivity (Wildman–Crippen MR) is 75.0 cm³/mol. The molecule has 0 aliphatic carbocycles. The largest absolute Gasteiger partial charge is 0.363 e. The zero-order valence-electron chi connectivity index (χ0n) is 11.7. The Hall–Kier alpha value is -2.11. The summed E-state index contributed by atoms with van der Waals surface area (Å²) in [6.45, 7) is 4.40. The van der Waals surface area contributed by atoms with E-state index in [1.54, 1.807) is 12.1 Å². The van der Waals surface area contributed by atoms with Crippen molar-refractivity contribution in [2.45, 2.75) is 13.8 Å². The Morgan fingerprint density at radius 1 is 1.26 bits per heavy atom. The minimum absolute atomic E-state index is 0.304. The molecule has 1 heterocycles. The molecule has 0 atom stereocenters. The van der Waals surface area contributed by atoms with E-state index < -0.39 is 11.8 Å². The van der Waals surface area contributed by atoms with E-state index >= 15 is 0 Å². The summed E-state index contributed by atoms with van der Waals surface area (Å²) in [6, 6.07) is 3.47. The van der Waals surface area contributed by atoms with Gasteiger partial charge in [0, 0.05) is 20.6 Å². The Bertz CT molecular complexity index is 440. The summed E-state index contributed by atoms with van der Waals surface area (Å²) in [4.78, 5) is 29.1. The molecule has 0 bridgehead atoms. The zero-order chi connectivity index (χ0) is 14.4. The highest BCUT2D eigenvalue weighted by Gasteiger charge is 2.13. The van der Waals surface area contributed by atoms with Crippen LogP contribution in [0.5, 0.6) is 0 Å². The molecular formula is C13H20N4O2. The summed E-state index contributed by atoms with van der Waals surface area (Å²) in [7, 11) is 3.75. The van der Waals surface area contributed by atoms with Crippen molar-refractivity contribution in [3.63, 3.8) is 0 Å². The maximum Gasteiger partial charge on any atom is 0.313 e. The van der Waals surface area contributed by atoms with E-state index in [9.17, 15) is 9.59 Å². The Labute approximate surface area is 113 Å². The fraction of sp³-hybridized carbons (Fsp3) is 0.462. The van der Waals surface area contributed by atoms with Gasteiger partial charge in [0.25, 0.3) is 0 Å². The van der Waals surface area contributed by atoms with E-state index in [0.717, 1.165) is 5.82 Å². The standard InChI is InChI=1S/C13H20N4O2/c1-9(2)7-15-12(18)13(19)16-10-5-6-11(14-8-10)17(3)4/h5-6,8-9H,7H2,1-4H3,(H,15,18)(H,16,19). The first-order valence-electron chi connectivity index (χ1n) is 6.12. The van der Waals surface area contributed by atoms with Crippen molar-refractivity contribution in [2.75, 3.05) is 30.9 Å². The van der Waals surface area contributed by atoms with Gasteiger partial charge >= 0.3 is 11.8 Å². The maximum atomic E-state index is 11.6. The number of amides is 2. The van der Waals surface area contributed by atoms with Crippen LogP contribution in [0.4, 0.5) is 11.5 Å². The van der Waals surface area contributed by atoms with Crippen LogP contribution in [0.15, 0.2) is 18.3 Å². The molecule has 0 spiro atoms. The number of pyridine rings is 1. The number of carbonyl (C=O) groups excluding carboxylic acids is 2. The van der Waals surface area contributed by atoms with Gasteiger partial charge in [-0.25, -0.2) is 4.98 Å². The van der Waals surface area contributed by atoms with Crippen LogP contribution < -0.4 is 15.5 Å². The highest BCUT2D eigenvalue weighted by Crippen LogP contribution is 2.11. The normalized spacial score (nSPS) is 10.2. The molecule has 1 aromatic heterocycles. The van der Waals surface area contributed by atoms with Crippen LogP contribution in [0.1, 0.15) is 13.8 Å². The van der Waals surface area contributed by atoms with Crippen molar-refractivity contribution in [3.05, 3.63) is 18.3 Å². The van der Waals surface area contributed by atoms with Crippen LogP contribution >= 0.6 is 0 Å². The van der Waals surface area contributed by atoms with E-state index in [4.69, 9.17) is 0 Å². The van der Waals surface area contributed by atoms with E-state index in [2.05, 4.69) is 15.6 Å². The fourth-order valence-electron chi connectivity index (χ4n) is 1.29. The molecule has 6 nitrogen and oxygen atoms in total. The van der Waals surface area contributed by atoms with Gasteiger partial charge in [-0.1, -0.05) is 13.8 Å². The van der Waals surface area contributed by atoms with Gasteiger partial charge in [0.15, 0.2) is 0 Å². The number of carbonyl (C=O) groups is 2. The zero-order valence-corrected chi connectivity index (χ0v) is 11.7. The third-order valence-electron chi connectivity index (χ3n) is 2.34. The van der Waals surface area contributed by atoms with Gasteiger partial charge in [-0.2, -0.15) is 0 Å². The minimum atomic E-state index is -0.681. The number of aromatic nitrogens is 1. The number of rotatable bonds is 4. The second kappa shape index (κ2) is 6.72. The predicted octanol–water partition coefficient (Wildman–Crippen LogP) is 0.858. The molecule has 104 valence electrons. The fourth-order valence-corrected chi connectivity index (χ4v) is 1.29. The summed E-state index contributed by atoms with van der Waals surface area (Å²) in [5.41, 5.74) is 0.496. The van der Waals surface area contributed by atoms with Crippen molar-refractivity contribution in [2.24, 2.45) is 5.92 Å². The summed E-state index contributed by atoms with van der Waals surface area (Å²) in [5.74, 6) is -0.231. The molecule has 0 saturated heterocycles. The van der Waals surface area contributed by atoms with E-state index in [1.807, 2.05) is 32.8 Å². The second-order valence-electron chi connectivity index (χ2n) is 4.86. The third kappa shape index (κ3) is 4.95. The molecule has 0 unspecified atom stereocenters. The molecular weight excluding hydrogens is 244 g/mol. The van der Waals surface area contributed by atoms with Crippen molar-refractivity contribution < 1.29 is 9.59 Å². The molecule has 1 aromatic rings. The maximum absolute atomic E-state index is 11.6. The van der Waals surface area contributed by atoms with Crippen molar-refractivity contribution in [1.29, 1.82) is 0 Å². The lowest BCUT2D eigenvalue weighted by Gasteiger charge is -2.12. The first kappa shape index (κ1) is 14.9. The van der Waals surface area contributed by atoms with Crippen LogP contribution in [0, 0.1) is 5.92 Å². The van der Waals surface area contributed by atoms with Gasteiger partial charge < -0.3 is 15.5 Å². The second-order valence-corrected chi connectivity index (χ2v) is 4.86. The van der Waals surface area contributed by atoms with Gasteiger partial charge in [-0.15, -0.1) is 0 Å². The Kier molecular flexibility index (Phi) is 5.29. The highest BCUT2D eigenvalue weighted by atomic mass is 16.2. The van der Waals surface area contributed by atoms with Crippen LogP contribution in [0.3, 0.4) is 0 Å². The van der Waals surface area contributed by atoms with Crippen LogP contribution in [0.2, 0.25) is 0 Å². The molecule has 0 radical (unpaired) electrons. The van der Waals surface area contributed by atoms with Crippen LogP contribution in [-0.4, -0.2) is 37.4 Å². The molecule has 0 aromatic carbocycles. The average Bonchev–Trinajstić information content (AvgIpc) is 2.36. The van der Waals surface area contributed by atoms with Crippen LogP contribution in [0.25, 0.3) is 0 Å². The summed E-state index contributed by atoms with van der Waals surface area (Å²) < 4.78 is 0. The van der Waals surface area contributed by atoms with Crippen molar-refractivity contribution >= 4 is 23.3 Å². The molecule has 2 amide bonds. The van der Waals surface area contributed by atoms with Gasteiger partial charge in [0.1, 0.15) is 5.82 Å². The lowest BCUT2D eigenvalue weighted by atomic mass is 10.2. The molecule has 0 aliphatic rings. The smallest absolute Gasteiger partial charge is 0.313 e. The van der Waals surface area contributed by atoms with E-state index in [-0.39, 0.29) is 0 Å². The summed E-state index contributed by atoms with van der Waals surface area (Å²) >= 11 is 0. The Balaban J connectivity index is 2.54. The molecule has 0 fully saturated rings. The Morgan fingerprint density at radius 2 is 1.95 bits per heavy atom. The number of anilines is 2. The van der Waals surface area contributed by atoms with Gasteiger partial charge in [-0.05, 0) is 18.1 Å². The van der Waals surface area contributed by atoms with Crippen LogP contribution in [-0.2, 0) is 9.59 Å². The molecule has 0 saturated carbocycles. The number of hydrogen-bond acceptors (Lipinski definition) is 4. The topological polar surface area (TPSA) is 74.3 Å². The number of hydrogen-bond donors (Lipinski definition) is 2. The minimum Gasteiger partial charge on any atom is -0.363 e. The third-order valence-corrected chi connectivity index (χ3v) is 2.34. The monoisotopic (exact) mass is 264 g/mol. The number of nitrogens with one attached hydrogen (secondary N) is 2. The van der Waals surface area contributed by atoms with Gasteiger partial charge in [-0.3, -0.25) is 9.59 Å². The number of nitrogens with zero attached hydrogens (tertiary/aromatic N) is 2. The summed E-state index contributed by atoms with van der Waals surface area (Å²) in [6.07, 6.45) is 1.52. The first-order valence-corrected chi connectivity index (χ1v) is 6.12. The van der Waals surface area contributed by atoms with E-state index in [1.165, 1.54) is 6.20 Å².